The van der Waals surface area contributed by atoms with Crippen LogP contribution in [-0.2, 0) is 25.6 Å². The number of nitrogens with one attached hydrogen (secondary N) is 2. The first-order valence-corrected chi connectivity index (χ1v) is 16.2. The molecule has 1 atom stereocenters. The molecule has 4 rings (SSSR count). The summed E-state index contributed by atoms with van der Waals surface area (Å²) in [4.78, 5) is 51.5. The van der Waals surface area contributed by atoms with E-state index >= 15 is 0 Å². The summed E-state index contributed by atoms with van der Waals surface area (Å²) in [6.07, 6.45) is 0. The number of thiophene rings is 1. The van der Waals surface area contributed by atoms with Gasteiger partial charge in [-0.05, 0) is 70.0 Å². The average molecular weight is 666 g/mol. The van der Waals surface area contributed by atoms with E-state index in [4.69, 9.17) is 14.2 Å². The fourth-order valence-electron chi connectivity index (χ4n) is 4.28. The number of carbonyl (C=O) groups is 4. The van der Waals surface area contributed by atoms with Gasteiger partial charge in [-0.2, -0.15) is 0 Å². The summed E-state index contributed by atoms with van der Waals surface area (Å²) in [5, 5.41) is 14.2. The van der Waals surface area contributed by atoms with Crippen molar-refractivity contribution in [2.75, 3.05) is 25.1 Å². The molecule has 2 heterocycles. The zero-order valence-corrected chi connectivity index (χ0v) is 27.8. The van der Waals surface area contributed by atoms with Crippen LogP contribution >= 0.6 is 23.1 Å². The number of amides is 2. The predicted molar refractivity (Wildman–Crippen MR) is 175 cm³/mol. The highest BCUT2D eigenvalue weighted by molar-refractivity contribution is 8.00. The van der Waals surface area contributed by atoms with Crippen LogP contribution in [0.25, 0.3) is 5.69 Å². The Bertz CT molecular complexity index is 1700. The second-order valence-corrected chi connectivity index (χ2v) is 12.2. The fraction of sp³-hybridized carbons (Fsp3) is 0.312. The van der Waals surface area contributed by atoms with Crippen molar-refractivity contribution in [1.29, 1.82) is 0 Å². The summed E-state index contributed by atoms with van der Waals surface area (Å²) >= 11 is 2.11. The molecule has 0 saturated carbocycles. The molecule has 0 bridgehead atoms. The van der Waals surface area contributed by atoms with Crippen LogP contribution < -0.4 is 15.4 Å². The average Bonchev–Trinajstić information content (AvgIpc) is 3.59. The Kier molecular flexibility index (Phi) is 11.9. The van der Waals surface area contributed by atoms with Gasteiger partial charge >= 0.3 is 11.9 Å². The lowest BCUT2D eigenvalue weighted by molar-refractivity contribution is -0.123. The van der Waals surface area contributed by atoms with Crippen LogP contribution in [0.1, 0.15) is 57.8 Å². The minimum absolute atomic E-state index is 0.0626. The van der Waals surface area contributed by atoms with Crippen LogP contribution in [0.5, 0.6) is 5.75 Å². The van der Waals surface area contributed by atoms with E-state index in [1.54, 1.807) is 44.4 Å². The molecular weight excluding hydrogens is 631 g/mol. The molecule has 0 fully saturated rings. The topological polar surface area (TPSA) is 151 Å². The van der Waals surface area contributed by atoms with E-state index in [1.807, 2.05) is 49.4 Å². The number of nitrogens with zero attached hydrogens (tertiary/aromatic N) is 3. The Morgan fingerprint density at radius 3 is 2.37 bits per heavy atom. The summed E-state index contributed by atoms with van der Waals surface area (Å²) in [6, 6.07) is 16.7. The van der Waals surface area contributed by atoms with Crippen LogP contribution in [-0.4, -0.2) is 63.6 Å². The van der Waals surface area contributed by atoms with Gasteiger partial charge in [0.15, 0.2) is 17.6 Å². The van der Waals surface area contributed by atoms with Gasteiger partial charge in [-0.1, -0.05) is 42.1 Å². The van der Waals surface area contributed by atoms with E-state index in [0.717, 1.165) is 34.3 Å². The lowest BCUT2D eigenvalue weighted by Gasteiger charge is -2.15. The van der Waals surface area contributed by atoms with E-state index < -0.39 is 23.1 Å². The van der Waals surface area contributed by atoms with Crippen LogP contribution in [0.3, 0.4) is 0 Å². The zero-order valence-electron chi connectivity index (χ0n) is 26.1. The second kappa shape index (κ2) is 16.0. The molecule has 2 aromatic carbocycles. The standard InChI is InChI=1S/C32H35N5O7S2/c1-6-42-30(40)26-20(4)27(31(41)43-7-2)46-29(26)34-28(39)21(5)45-32-36-35-24(37(32)22-13-11-12-19(3)16-22)17-33-25(38)18-44-23-14-9-8-10-15-23/h8-16,21H,6-7,17-18H2,1-5H3,(H,33,38)(H,34,39)/t21-/m0/s1. The van der Waals surface area contributed by atoms with Crippen LogP contribution in [0.15, 0.2) is 59.8 Å². The highest BCUT2D eigenvalue weighted by Gasteiger charge is 2.29. The number of aromatic nitrogens is 3. The summed E-state index contributed by atoms with van der Waals surface area (Å²) in [5.41, 5.74) is 2.23. The monoisotopic (exact) mass is 665 g/mol. The first-order chi connectivity index (χ1) is 22.1. The Labute approximate surface area is 274 Å². The first kappa shape index (κ1) is 34.2. The van der Waals surface area contributed by atoms with Crippen LogP contribution in [0.4, 0.5) is 5.00 Å². The minimum Gasteiger partial charge on any atom is -0.484 e. The van der Waals surface area contributed by atoms with Crippen molar-refractivity contribution in [3.05, 3.63) is 82.0 Å². The largest absolute Gasteiger partial charge is 0.484 e. The molecule has 0 saturated heterocycles. The van der Waals surface area contributed by atoms with Gasteiger partial charge in [-0.3, -0.25) is 14.2 Å². The SMILES string of the molecule is CCOC(=O)c1sc(NC(=O)[C@H](C)Sc2nnc(CNC(=O)COc3ccccc3)n2-c2cccc(C)c2)c(C(=O)OCC)c1C. The number of rotatable bonds is 14. The van der Waals surface area contributed by atoms with Gasteiger partial charge in [0.1, 0.15) is 15.6 Å². The predicted octanol–water partition coefficient (Wildman–Crippen LogP) is 5.11. The van der Waals surface area contributed by atoms with Gasteiger partial charge in [-0.25, -0.2) is 9.59 Å². The molecule has 0 spiro atoms. The summed E-state index contributed by atoms with van der Waals surface area (Å²) in [5.74, 6) is -0.977. The number of thioether (sulfide) groups is 1. The molecular formula is C32H35N5O7S2. The van der Waals surface area contributed by atoms with Crippen molar-refractivity contribution >= 4 is 51.9 Å². The smallest absolute Gasteiger partial charge is 0.348 e. The Morgan fingerprint density at radius 2 is 1.67 bits per heavy atom. The maximum Gasteiger partial charge on any atom is 0.348 e. The van der Waals surface area contributed by atoms with Crippen molar-refractivity contribution < 1.29 is 33.4 Å². The number of esters is 2. The maximum atomic E-state index is 13.5. The number of anilines is 1. The lowest BCUT2D eigenvalue weighted by atomic mass is 10.1. The molecule has 0 aliphatic heterocycles. The van der Waals surface area contributed by atoms with Crippen molar-refractivity contribution in [2.24, 2.45) is 0 Å². The van der Waals surface area contributed by atoms with E-state index in [1.165, 1.54) is 0 Å². The van der Waals surface area contributed by atoms with Crippen molar-refractivity contribution in [2.45, 2.75) is 51.6 Å². The number of benzene rings is 2. The third-order valence-corrected chi connectivity index (χ3v) is 8.72. The number of carbonyl (C=O) groups excluding carboxylic acids is 4. The van der Waals surface area contributed by atoms with Gasteiger partial charge in [-0.15, -0.1) is 21.5 Å². The molecule has 2 amide bonds. The molecule has 46 heavy (non-hydrogen) atoms. The Morgan fingerprint density at radius 1 is 0.957 bits per heavy atom. The molecule has 0 aliphatic carbocycles. The first-order valence-electron chi connectivity index (χ1n) is 14.5. The Balaban J connectivity index is 1.53. The van der Waals surface area contributed by atoms with E-state index in [-0.39, 0.29) is 47.7 Å². The van der Waals surface area contributed by atoms with E-state index in [0.29, 0.717) is 22.3 Å². The highest BCUT2D eigenvalue weighted by Crippen LogP contribution is 2.35. The third kappa shape index (κ3) is 8.52. The molecule has 2 N–H and O–H groups in total. The summed E-state index contributed by atoms with van der Waals surface area (Å²) in [6.45, 7) is 8.79. The van der Waals surface area contributed by atoms with Crippen molar-refractivity contribution in [1.82, 2.24) is 20.1 Å². The van der Waals surface area contributed by atoms with Gasteiger partial charge in [0.2, 0.25) is 5.91 Å². The molecule has 242 valence electrons. The van der Waals surface area contributed by atoms with Crippen molar-refractivity contribution in [3.63, 3.8) is 0 Å². The second-order valence-electron chi connectivity index (χ2n) is 9.90. The molecule has 2 aromatic heterocycles. The lowest BCUT2D eigenvalue weighted by Crippen LogP contribution is -2.29. The number of hydrogen-bond acceptors (Lipinski definition) is 11. The van der Waals surface area contributed by atoms with Crippen LogP contribution in [0.2, 0.25) is 0 Å². The zero-order chi connectivity index (χ0) is 33.2. The highest BCUT2D eigenvalue weighted by atomic mass is 32.2. The number of hydrogen-bond donors (Lipinski definition) is 2. The number of aryl methyl sites for hydroxylation is 1. The maximum absolute atomic E-state index is 13.5. The summed E-state index contributed by atoms with van der Waals surface area (Å²) in [7, 11) is 0. The molecule has 4 aromatic rings. The molecule has 0 unspecified atom stereocenters. The number of para-hydroxylation sites is 1. The summed E-state index contributed by atoms with van der Waals surface area (Å²) < 4.78 is 17.6. The van der Waals surface area contributed by atoms with Crippen molar-refractivity contribution in [3.8, 4) is 11.4 Å². The van der Waals surface area contributed by atoms with E-state index in [9.17, 15) is 19.2 Å². The molecule has 12 nitrogen and oxygen atoms in total. The number of ether oxygens (including phenoxy) is 3. The fourth-order valence-corrected chi connectivity index (χ4v) is 6.26. The normalized spacial score (nSPS) is 11.4. The van der Waals surface area contributed by atoms with Gasteiger partial charge < -0.3 is 24.8 Å². The van der Waals surface area contributed by atoms with Gasteiger partial charge in [0, 0.05) is 5.69 Å². The Hall–Kier alpha value is -4.69. The van der Waals surface area contributed by atoms with E-state index in [2.05, 4.69) is 20.8 Å². The molecule has 0 radical (unpaired) electrons. The minimum atomic E-state index is -0.710. The quantitative estimate of drug-likeness (QED) is 0.137. The van der Waals surface area contributed by atoms with Crippen LogP contribution in [0, 0.1) is 13.8 Å². The molecule has 14 heteroatoms. The molecule has 0 aliphatic rings. The third-order valence-electron chi connectivity index (χ3n) is 6.49. The van der Waals surface area contributed by atoms with Gasteiger partial charge in [0.05, 0.1) is 30.6 Å². The van der Waals surface area contributed by atoms with Gasteiger partial charge in [0.25, 0.3) is 5.91 Å².